The number of aliphatic hydroxyl groups excluding tert-OH is 1. The monoisotopic (exact) mass is 448 g/mol. The van der Waals surface area contributed by atoms with Crippen LogP contribution in [0, 0.1) is 5.92 Å². The van der Waals surface area contributed by atoms with Crippen molar-refractivity contribution in [3.05, 3.63) is 71.8 Å². The first-order chi connectivity index (χ1) is 14.6. The number of sulfonamides is 1. The number of alkyl carbamates (subject to hydrolysis) is 1. The maximum absolute atomic E-state index is 12.4. The quantitative estimate of drug-likeness (QED) is 0.551. The molecule has 0 bridgehead atoms. The zero-order valence-corrected chi connectivity index (χ0v) is 19.1. The van der Waals surface area contributed by atoms with Gasteiger partial charge in [0.1, 0.15) is 6.61 Å². The summed E-state index contributed by atoms with van der Waals surface area (Å²) in [6.45, 7) is 4.08. The second kappa shape index (κ2) is 11.8. The van der Waals surface area contributed by atoms with Gasteiger partial charge in [0.15, 0.2) is 0 Å². The maximum Gasteiger partial charge on any atom is 0.407 e. The summed E-state index contributed by atoms with van der Waals surface area (Å²) < 4.78 is 30.9. The van der Waals surface area contributed by atoms with Crippen LogP contribution in [0.2, 0.25) is 0 Å². The van der Waals surface area contributed by atoms with Gasteiger partial charge in [-0.25, -0.2) is 13.2 Å². The molecule has 1 amide bonds. The minimum absolute atomic E-state index is 0.0956. The Labute approximate surface area is 185 Å². The number of hydrogen-bond acceptors (Lipinski definition) is 5. The number of aliphatic hydroxyl groups is 1. The lowest BCUT2D eigenvalue weighted by Crippen LogP contribution is -2.51. The van der Waals surface area contributed by atoms with Crippen LogP contribution < -0.4 is 5.32 Å². The summed E-state index contributed by atoms with van der Waals surface area (Å²) in [7, 11) is -3.51. The molecule has 0 fully saturated rings. The molecular weight excluding hydrogens is 416 g/mol. The SMILES string of the molecule is CC(C)CN(C[C@@H](O)[C@H](Cc1ccccc1)NC(=O)OCc1ccccc1)S(C)(=O)=O. The molecule has 170 valence electrons. The van der Waals surface area contributed by atoms with Crippen LogP contribution >= 0.6 is 0 Å². The van der Waals surface area contributed by atoms with E-state index in [2.05, 4.69) is 5.32 Å². The minimum Gasteiger partial charge on any atom is -0.445 e. The predicted octanol–water partition coefficient (Wildman–Crippen LogP) is 2.80. The second-order valence-electron chi connectivity index (χ2n) is 8.04. The number of nitrogens with zero attached hydrogens (tertiary/aromatic N) is 1. The normalized spacial score (nSPS) is 13.7. The Kier molecular flexibility index (Phi) is 9.48. The zero-order chi connectivity index (χ0) is 22.9. The van der Waals surface area contributed by atoms with Crippen molar-refractivity contribution in [2.24, 2.45) is 5.92 Å². The molecule has 0 heterocycles. The molecule has 2 atom stereocenters. The molecule has 2 aromatic carbocycles. The van der Waals surface area contributed by atoms with Gasteiger partial charge < -0.3 is 15.2 Å². The first kappa shape index (κ1) is 24.8. The molecule has 2 N–H and O–H groups in total. The van der Waals surface area contributed by atoms with E-state index in [1.165, 1.54) is 4.31 Å². The molecule has 31 heavy (non-hydrogen) atoms. The molecule has 2 rings (SSSR count). The lowest BCUT2D eigenvalue weighted by atomic mass is 10.0. The van der Waals surface area contributed by atoms with E-state index in [0.29, 0.717) is 6.42 Å². The number of ether oxygens (including phenoxy) is 1. The van der Waals surface area contributed by atoms with Crippen LogP contribution in [-0.4, -0.2) is 55.4 Å². The summed E-state index contributed by atoms with van der Waals surface area (Å²) in [6, 6.07) is 18.0. The summed E-state index contributed by atoms with van der Waals surface area (Å²) >= 11 is 0. The third kappa shape index (κ3) is 9.08. The molecule has 0 aromatic heterocycles. The number of nitrogens with one attached hydrogen (secondary N) is 1. The average Bonchev–Trinajstić information content (AvgIpc) is 2.72. The van der Waals surface area contributed by atoms with Gasteiger partial charge in [-0.15, -0.1) is 0 Å². The summed E-state index contributed by atoms with van der Waals surface area (Å²) in [5.74, 6) is 0.0956. The molecule has 0 saturated carbocycles. The van der Waals surface area contributed by atoms with Crippen molar-refractivity contribution in [3.63, 3.8) is 0 Å². The molecule has 0 aliphatic heterocycles. The Bertz CT molecular complexity index is 904. The number of carbonyl (C=O) groups excluding carboxylic acids is 1. The molecular formula is C23H32N2O5S. The summed E-state index contributed by atoms with van der Waals surface area (Å²) in [5, 5.41) is 13.6. The van der Waals surface area contributed by atoms with Gasteiger partial charge in [-0.1, -0.05) is 74.5 Å². The largest absolute Gasteiger partial charge is 0.445 e. The lowest BCUT2D eigenvalue weighted by Gasteiger charge is -2.29. The molecule has 0 spiro atoms. The topological polar surface area (TPSA) is 95.9 Å². The highest BCUT2D eigenvalue weighted by Gasteiger charge is 2.28. The van der Waals surface area contributed by atoms with E-state index in [1.807, 2.05) is 74.5 Å². The van der Waals surface area contributed by atoms with Crippen LogP contribution in [0.3, 0.4) is 0 Å². The van der Waals surface area contributed by atoms with Crippen LogP contribution in [0.4, 0.5) is 4.79 Å². The third-order valence-electron chi connectivity index (χ3n) is 4.71. The van der Waals surface area contributed by atoms with Crippen LogP contribution in [0.15, 0.2) is 60.7 Å². The van der Waals surface area contributed by atoms with E-state index in [-0.39, 0.29) is 25.6 Å². The molecule has 0 unspecified atom stereocenters. The number of amides is 1. The Hall–Kier alpha value is -2.42. The van der Waals surface area contributed by atoms with Gasteiger partial charge in [0.25, 0.3) is 0 Å². The standard InChI is InChI=1S/C23H32N2O5S/c1-18(2)15-25(31(3,28)29)16-22(26)21(14-19-10-6-4-7-11-19)24-23(27)30-17-20-12-8-5-9-13-20/h4-13,18,21-22,26H,14-17H2,1-3H3,(H,24,27)/t21-,22+/m0/s1. The highest BCUT2D eigenvalue weighted by atomic mass is 32.2. The predicted molar refractivity (Wildman–Crippen MR) is 121 cm³/mol. The van der Waals surface area contributed by atoms with Crippen molar-refractivity contribution in [1.29, 1.82) is 0 Å². The van der Waals surface area contributed by atoms with Gasteiger partial charge in [0, 0.05) is 13.1 Å². The van der Waals surface area contributed by atoms with Gasteiger partial charge in [-0.2, -0.15) is 4.31 Å². The van der Waals surface area contributed by atoms with E-state index in [9.17, 15) is 18.3 Å². The van der Waals surface area contributed by atoms with Crippen LogP contribution in [0.25, 0.3) is 0 Å². The lowest BCUT2D eigenvalue weighted by molar-refractivity contribution is 0.0874. The van der Waals surface area contributed by atoms with Crippen LogP contribution in [-0.2, 0) is 27.8 Å². The maximum atomic E-state index is 12.4. The van der Waals surface area contributed by atoms with E-state index >= 15 is 0 Å². The minimum atomic E-state index is -3.51. The van der Waals surface area contributed by atoms with Crippen molar-refractivity contribution in [2.75, 3.05) is 19.3 Å². The average molecular weight is 449 g/mol. The number of carbonyl (C=O) groups is 1. The molecule has 0 saturated heterocycles. The molecule has 7 nitrogen and oxygen atoms in total. The number of hydrogen-bond donors (Lipinski definition) is 2. The van der Waals surface area contributed by atoms with Crippen LogP contribution in [0.1, 0.15) is 25.0 Å². The first-order valence-corrected chi connectivity index (χ1v) is 12.1. The zero-order valence-electron chi connectivity index (χ0n) is 18.3. The molecule has 0 aliphatic carbocycles. The highest BCUT2D eigenvalue weighted by molar-refractivity contribution is 7.88. The summed E-state index contributed by atoms with van der Waals surface area (Å²) in [4.78, 5) is 12.4. The molecule has 0 aliphatic rings. The van der Waals surface area contributed by atoms with Crippen molar-refractivity contribution in [1.82, 2.24) is 9.62 Å². The number of rotatable bonds is 11. The van der Waals surface area contributed by atoms with E-state index < -0.39 is 28.3 Å². The fourth-order valence-electron chi connectivity index (χ4n) is 3.16. The van der Waals surface area contributed by atoms with Gasteiger partial charge >= 0.3 is 6.09 Å². The van der Waals surface area contributed by atoms with Gasteiger partial charge in [-0.05, 0) is 23.5 Å². The highest BCUT2D eigenvalue weighted by Crippen LogP contribution is 2.12. The van der Waals surface area contributed by atoms with E-state index in [0.717, 1.165) is 17.4 Å². The van der Waals surface area contributed by atoms with Crippen molar-refractivity contribution >= 4 is 16.1 Å². The Morgan fingerprint density at radius 3 is 2.06 bits per heavy atom. The van der Waals surface area contributed by atoms with Crippen molar-refractivity contribution in [3.8, 4) is 0 Å². The van der Waals surface area contributed by atoms with E-state index in [1.54, 1.807) is 0 Å². The van der Waals surface area contributed by atoms with Crippen molar-refractivity contribution in [2.45, 2.75) is 39.0 Å². The van der Waals surface area contributed by atoms with Gasteiger partial charge in [-0.3, -0.25) is 0 Å². The van der Waals surface area contributed by atoms with Crippen molar-refractivity contribution < 1.29 is 23.1 Å². The van der Waals surface area contributed by atoms with Gasteiger partial charge in [0.2, 0.25) is 10.0 Å². The Morgan fingerprint density at radius 1 is 1.00 bits per heavy atom. The third-order valence-corrected chi connectivity index (χ3v) is 5.94. The second-order valence-corrected chi connectivity index (χ2v) is 10.0. The Morgan fingerprint density at radius 2 is 1.55 bits per heavy atom. The van der Waals surface area contributed by atoms with E-state index in [4.69, 9.17) is 4.74 Å². The fourth-order valence-corrected chi connectivity index (χ4v) is 4.15. The summed E-state index contributed by atoms with van der Waals surface area (Å²) in [5.41, 5.74) is 1.75. The summed E-state index contributed by atoms with van der Waals surface area (Å²) in [6.07, 6.45) is -0.325. The first-order valence-electron chi connectivity index (χ1n) is 10.3. The molecule has 0 radical (unpaired) electrons. The smallest absolute Gasteiger partial charge is 0.407 e. The number of benzene rings is 2. The van der Waals surface area contributed by atoms with Crippen LogP contribution in [0.5, 0.6) is 0 Å². The molecule has 2 aromatic rings. The molecule has 8 heteroatoms. The van der Waals surface area contributed by atoms with Gasteiger partial charge in [0.05, 0.1) is 18.4 Å². The fraction of sp³-hybridized carbons (Fsp3) is 0.435. The Balaban J connectivity index is 2.10.